The Labute approximate surface area is 134 Å². The highest BCUT2D eigenvalue weighted by Gasteiger charge is 2.13. The number of nitrogens with zero attached hydrogens (tertiary/aromatic N) is 1. The van der Waals surface area contributed by atoms with Crippen LogP contribution in [0, 0.1) is 0 Å². The Morgan fingerprint density at radius 1 is 1.25 bits per heavy atom. The zero-order valence-corrected chi connectivity index (χ0v) is 13.7. The van der Waals surface area contributed by atoms with Crippen molar-refractivity contribution in [2.45, 2.75) is 0 Å². The average Bonchev–Trinajstić information content (AvgIpc) is 2.74. The maximum Gasteiger partial charge on any atom is 0.337 e. The maximum absolute atomic E-state index is 11.8. The summed E-state index contributed by atoms with van der Waals surface area (Å²) in [4.78, 5) is 26.8. The molecular formula is C11H7Br2N3O3S. The first-order valence-electron chi connectivity index (χ1n) is 5.18. The molecule has 1 aromatic heterocycles. The number of carbonyl (C=O) groups is 2. The Morgan fingerprint density at radius 2 is 2.00 bits per heavy atom. The van der Waals surface area contributed by atoms with E-state index >= 15 is 0 Å². The van der Waals surface area contributed by atoms with Crippen LogP contribution in [0.1, 0.15) is 10.4 Å². The third kappa shape index (κ3) is 3.78. The molecule has 0 spiro atoms. The first kappa shape index (κ1) is 14.9. The highest BCUT2D eigenvalue weighted by Crippen LogP contribution is 2.24. The number of hydrogen-bond donors (Lipinski definition) is 3. The van der Waals surface area contributed by atoms with Crippen molar-refractivity contribution in [3.8, 4) is 0 Å². The molecule has 0 atom stereocenters. The molecule has 20 heavy (non-hydrogen) atoms. The van der Waals surface area contributed by atoms with Crippen LogP contribution in [0.2, 0.25) is 0 Å². The Hall–Kier alpha value is -1.45. The first-order chi connectivity index (χ1) is 9.45. The molecule has 9 heteroatoms. The fourth-order valence-corrected chi connectivity index (χ4v) is 2.83. The van der Waals surface area contributed by atoms with E-state index in [0.29, 0.717) is 9.60 Å². The van der Waals surface area contributed by atoms with Gasteiger partial charge in [0, 0.05) is 4.47 Å². The highest BCUT2D eigenvalue weighted by atomic mass is 79.9. The minimum atomic E-state index is -1.12. The normalized spacial score (nSPS) is 10.1. The molecule has 0 aliphatic rings. The Kier molecular flexibility index (Phi) is 4.73. The van der Waals surface area contributed by atoms with E-state index in [-0.39, 0.29) is 11.3 Å². The Bertz CT molecular complexity index is 675. The number of amides is 2. The molecule has 0 unspecified atom stereocenters. The second-order valence-electron chi connectivity index (χ2n) is 3.54. The molecule has 0 aliphatic heterocycles. The number of carboxylic acids is 1. The number of anilines is 2. The SMILES string of the molecule is O=C(Nc1ncc(Br)s1)Nc1cc(Br)ccc1C(=O)O. The van der Waals surface area contributed by atoms with Crippen molar-refractivity contribution in [1.29, 1.82) is 0 Å². The van der Waals surface area contributed by atoms with E-state index in [0.717, 1.165) is 3.79 Å². The number of aromatic nitrogens is 1. The summed E-state index contributed by atoms with van der Waals surface area (Å²) in [6, 6.07) is 3.94. The lowest BCUT2D eigenvalue weighted by atomic mass is 10.2. The number of hydrogen-bond acceptors (Lipinski definition) is 4. The van der Waals surface area contributed by atoms with Crippen LogP contribution < -0.4 is 10.6 Å². The van der Waals surface area contributed by atoms with Gasteiger partial charge in [-0.3, -0.25) is 5.32 Å². The molecule has 3 N–H and O–H groups in total. The molecule has 0 aliphatic carbocycles. The highest BCUT2D eigenvalue weighted by molar-refractivity contribution is 9.11. The van der Waals surface area contributed by atoms with Crippen molar-refractivity contribution >= 4 is 66.0 Å². The molecule has 6 nitrogen and oxygen atoms in total. The summed E-state index contributed by atoms with van der Waals surface area (Å²) >= 11 is 7.70. The molecular weight excluding hydrogens is 414 g/mol. The summed E-state index contributed by atoms with van der Waals surface area (Å²) in [5.41, 5.74) is 0.198. The zero-order chi connectivity index (χ0) is 14.7. The minimum absolute atomic E-state index is 0.00340. The number of aromatic carboxylic acids is 1. The van der Waals surface area contributed by atoms with Crippen LogP contribution in [0.25, 0.3) is 0 Å². The molecule has 2 aromatic rings. The fraction of sp³-hybridized carbons (Fsp3) is 0. The quantitative estimate of drug-likeness (QED) is 0.699. The Balaban J connectivity index is 2.15. The smallest absolute Gasteiger partial charge is 0.337 e. The van der Waals surface area contributed by atoms with Gasteiger partial charge in [0.25, 0.3) is 0 Å². The van der Waals surface area contributed by atoms with Crippen LogP contribution in [-0.2, 0) is 0 Å². The topological polar surface area (TPSA) is 91.3 Å². The van der Waals surface area contributed by atoms with Crippen LogP contribution in [0.5, 0.6) is 0 Å². The van der Waals surface area contributed by atoms with E-state index in [2.05, 4.69) is 47.5 Å². The van der Waals surface area contributed by atoms with E-state index in [1.54, 1.807) is 12.3 Å². The van der Waals surface area contributed by atoms with Crippen LogP contribution >= 0.6 is 43.2 Å². The lowest BCUT2D eigenvalue weighted by Crippen LogP contribution is -2.20. The molecule has 0 radical (unpaired) electrons. The minimum Gasteiger partial charge on any atom is -0.478 e. The standard InChI is InChI=1S/C11H7Br2N3O3S/c12-5-1-2-6(9(17)18)7(3-5)15-10(19)16-11-14-4-8(13)20-11/h1-4H,(H,17,18)(H2,14,15,16,19). The van der Waals surface area contributed by atoms with Gasteiger partial charge in [0.15, 0.2) is 5.13 Å². The third-order valence-electron chi connectivity index (χ3n) is 2.16. The number of thiazole rings is 1. The number of rotatable bonds is 3. The van der Waals surface area contributed by atoms with Gasteiger partial charge in [0.1, 0.15) is 0 Å². The average molecular weight is 421 g/mol. The van der Waals surface area contributed by atoms with Crippen LogP contribution in [-0.4, -0.2) is 22.1 Å². The summed E-state index contributed by atoms with van der Waals surface area (Å²) in [5, 5.41) is 14.5. The number of urea groups is 1. The van der Waals surface area contributed by atoms with Gasteiger partial charge in [0.2, 0.25) is 0 Å². The summed E-state index contributed by atoms with van der Waals surface area (Å²) in [6.07, 6.45) is 1.56. The van der Waals surface area contributed by atoms with Gasteiger partial charge < -0.3 is 10.4 Å². The van der Waals surface area contributed by atoms with Crippen molar-refractivity contribution in [2.75, 3.05) is 10.6 Å². The molecule has 2 rings (SSSR count). The summed E-state index contributed by atoms with van der Waals surface area (Å²) in [5.74, 6) is -1.12. The predicted molar refractivity (Wildman–Crippen MR) is 83.6 cm³/mol. The summed E-state index contributed by atoms with van der Waals surface area (Å²) in [6.45, 7) is 0. The van der Waals surface area contributed by atoms with Gasteiger partial charge >= 0.3 is 12.0 Å². The lowest BCUT2D eigenvalue weighted by Gasteiger charge is -2.09. The number of benzene rings is 1. The second-order valence-corrected chi connectivity index (χ2v) is 6.87. The molecule has 0 fully saturated rings. The van der Waals surface area contributed by atoms with Crippen LogP contribution in [0.15, 0.2) is 32.7 Å². The molecule has 0 bridgehead atoms. The molecule has 1 aromatic carbocycles. The number of carboxylic acid groups (broad SMARTS) is 1. The molecule has 1 heterocycles. The van der Waals surface area contributed by atoms with E-state index < -0.39 is 12.0 Å². The van der Waals surface area contributed by atoms with Crippen molar-refractivity contribution in [2.24, 2.45) is 0 Å². The zero-order valence-electron chi connectivity index (χ0n) is 9.68. The number of carbonyl (C=O) groups excluding carboxylic acids is 1. The monoisotopic (exact) mass is 419 g/mol. The second kappa shape index (κ2) is 6.33. The van der Waals surface area contributed by atoms with Crippen molar-refractivity contribution in [3.63, 3.8) is 0 Å². The van der Waals surface area contributed by atoms with Gasteiger partial charge in [-0.05, 0) is 34.1 Å². The summed E-state index contributed by atoms with van der Waals surface area (Å²) < 4.78 is 1.44. The molecule has 2 amide bonds. The van der Waals surface area contributed by atoms with Gasteiger partial charge in [-0.1, -0.05) is 27.3 Å². The first-order valence-corrected chi connectivity index (χ1v) is 7.58. The van der Waals surface area contributed by atoms with Gasteiger partial charge in [0.05, 0.1) is 21.2 Å². The number of halogens is 2. The van der Waals surface area contributed by atoms with Crippen molar-refractivity contribution in [3.05, 3.63) is 38.2 Å². The van der Waals surface area contributed by atoms with Gasteiger partial charge in [-0.25, -0.2) is 14.6 Å². The third-order valence-corrected chi connectivity index (χ3v) is 4.04. The number of nitrogens with one attached hydrogen (secondary N) is 2. The molecule has 104 valence electrons. The fourth-order valence-electron chi connectivity index (χ4n) is 1.37. The van der Waals surface area contributed by atoms with E-state index in [9.17, 15) is 9.59 Å². The van der Waals surface area contributed by atoms with E-state index in [1.165, 1.54) is 23.5 Å². The van der Waals surface area contributed by atoms with Crippen molar-refractivity contribution < 1.29 is 14.7 Å². The lowest BCUT2D eigenvalue weighted by molar-refractivity contribution is 0.0698. The largest absolute Gasteiger partial charge is 0.478 e. The molecule has 0 saturated heterocycles. The summed E-state index contributed by atoms with van der Waals surface area (Å²) in [7, 11) is 0. The Morgan fingerprint density at radius 3 is 2.60 bits per heavy atom. The van der Waals surface area contributed by atoms with Gasteiger partial charge in [-0.15, -0.1) is 0 Å². The van der Waals surface area contributed by atoms with Crippen LogP contribution in [0.4, 0.5) is 15.6 Å². The van der Waals surface area contributed by atoms with Crippen molar-refractivity contribution in [1.82, 2.24) is 4.98 Å². The predicted octanol–water partition coefficient (Wildman–Crippen LogP) is 4.01. The van der Waals surface area contributed by atoms with E-state index in [4.69, 9.17) is 5.11 Å². The van der Waals surface area contributed by atoms with Crippen LogP contribution in [0.3, 0.4) is 0 Å². The molecule has 0 saturated carbocycles. The van der Waals surface area contributed by atoms with E-state index in [1.807, 2.05) is 0 Å². The maximum atomic E-state index is 11.8. The van der Waals surface area contributed by atoms with Gasteiger partial charge in [-0.2, -0.15) is 0 Å².